The van der Waals surface area contributed by atoms with Crippen molar-refractivity contribution in [2.24, 2.45) is 0 Å². The molecule has 2 aromatic heterocycles. The van der Waals surface area contributed by atoms with Gasteiger partial charge in [-0.1, -0.05) is 23.7 Å². The summed E-state index contributed by atoms with van der Waals surface area (Å²) in [5, 5.41) is 0.681. The minimum atomic E-state index is 0.320. The van der Waals surface area contributed by atoms with Crippen molar-refractivity contribution in [2.75, 3.05) is 30.0 Å². The third-order valence-electron chi connectivity index (χ3n) is 5.15. The van der Waals surface area contributed by atoms with Crippen molar-refractivity contribution in [1.29, 1.82) is 0 Å². The molecule has 0 saturated carbocycles. The minimum Gasteiger partial charge on any atom is -0.494 e. The third kappa shape index (κ3) is 2.68. The number of rotatable bonds is 3. The first-order valence-electron chi connectivity index (χ1n) is 8.90. The molecular weight excluding hydrogens is 362 g/mol. The van der Waals surface area contributed by atoms with Gasteiger partial charge in [0, 0.05) is 42.1 Å². The van der Waals surface area contributed by atoms with Crippen molar-refractivity contribution in [3.63, 3.8) is 0 Å². The number of pyridine rings is 1. The van der Waals surface area contributed by atoms with Gasteiger partial charge in [0.2, 0.25) is 0 Å². The van der Waals surface area contributed by atoms with Crippen molar-refractivity contribution in [1.82, 2.24) is 15.0 Å². The molecule has 2 aliphatic rings. The van der Waals surface area contributed by atoms with E-state index in [0.717, 1.165) is 53.8 Å². The highest BCUT2D eigenvalue weighted by Crippen LogP contribution is 2.48. The number of aromatic nitrogens is 3. The summed E-state index contributed by atoms with van der Waals surface area (Å²) >= 11 is 6.20. The Morgan fingerprint density at radius 3 is 2.93 bits per heavy atom. The number of hydrogen-bond acceptors (Lipinski definition) is 6. The van der Waals surface area contributed by atoms with Crippen LogP contribution in [0.2, 0.25) is 5.02 Å². The van der Waals surface area contributed by atoms with Gasteiger partial charge in [0.05, 0.1) is 25.0 Å². The van der Waals surface area contributed by atoms with Crippen molar-refractivity contribution < 1.29 is 4.74 Å². The molecule has 27 heavy (non-hydrogen) atoms. The number of fused-ring (bicyclic) bond motifs is 4. The zero-order valence-electron chi connectivity index (χ0n) is 14.8. The number of methoxy groups -OCH3 is 1. The first kappa shape index (κ1) is 16.3. The van der Waals surface area contributed by atoms with E-state index in [2.05, 4.69) is 19.8 Å². The van der Waals surface area contributed by atoms with Crippen LogP contribution in [0.3, 0.4) is 0 Å². The standard InChI is InChI=1S/C20H18ClN5O/c1-27-17-10-16(13-3-2-4-14(21)9-13)24-20-19(17)25-8-5-15(12-25)26(20)18-11-22-6-7-23-18/h2-4,6-7,9-11,15H,5,8,12H2,1H3/t15-/m0/s1. The summed E-state index contributed by atoms with van der Waals surface area (Å²) in [5.41, 5.74) is 2.79. The van der Waals surface area contributed by atoms with Crippen LogP contribution in [0.25, 0.3) is 11.3 Å². The minimum absolute atomic E-state index is 0.320. The second-order valence-electron chi connectivity index (χ2n) is 6.71. The molecule has 1 atom stereocenters. The fourth-order valence-corrected chi connectivity index (χ4v) is 4.15. The Labute approximate surface area is 162 Å². The summed E-state index contributed by atoms with van der Waals surface area (Å²) in [5.74, 6) is 2.48. The Kier molecular flexibility index (Phi) is 3.86. The van der Waals surface area contributed by atoms with E-state index < -0.39 is 0 Å². The average molecular weight is 380 g/mol. The van der Waals surface area contributed by atoms with E-state index in [9.17, 15) is 0 Å². The van der Waals surface area contributed by atoms with Crippen molar-refractivity contribution in [3.8, 4) is 17.0 Å². The Balaban J connectivity index is 1.73. The molecule has 0 amide bonds. The van der Waals surface area contributed by atoms with Crippen molar-refractivity contribution in [3.05, 3.63) is 53.9 Å². The molecule has 3 aromatic rings. The van der Waals surface area contributed by atoms with Crippen LogP contribution < -0.4 is 14.5 Å². The van der Waals surface area contributed by atoms with E-state index in [-0.39, 0.29) is 0 Å². The number of anilines is 3. The van der Waals surface area contributed by atoms with Crippen LogP contribution in [0.5, 0.6) is 5.75 Å². The molecule has 2 aliphatic heterocycles. The van der Waals surface area contributed by atoms with Gasteiger partial charge in [-0.3, -0.25) is 4.98 Å². The lowest BCUT2D eigenvalue weighted by Gasteiger charge is -2.37. The van der Waals surface area contributed by atoms with Gasteiger partial charge in [-0.05, 0) is 18.6 Å². The molecule has 1 saturated heterocycles. The molecule has 6 nitrogen and oxygen atoms in total. The van der Waals surface area contributed by atoms with Crippen molar-refractivity contribution in [2.45, 2.75) is 12.5 Å². The fourth-order valence-electron chi connectivity index (χ4n) is 3.96. The summed E-state index contributed by atoms with van der Waals surface area (Å²) in [7, 11) is 1.70. The zero-order chi connectivity index (χ0) is 18.4. The molecule has 7 heteroatoms. The average Bonchev–Trinajstić information content (AvgIpc) is 3.12. The van der Waals surface area contributed by atoms with Gasteiger partial charge in [0.15, 0.2) is 11.6 Å². The van der Waals surface area contributed by atoms with E-state index in [1.807, 2.05) is 30.3 Å². The van der Waals surface area contributed by atoms with Gasteiger partial charge >= 0.3 is 0 Å². The van der Waals surface area contributed by atoms with Gasteiger partial charge in [-0.25, -0.2) is 9.97 Å². The normalized spacial score (nSPS) is 17.8. The highest BCUT2D eigenvalue weighted by Gasteiger charge is 2.40. The molecule has 2 bridgehead atoms. The number of ether oxygens (including phenoxy) is 1. The lowest BCUT2D eigenvalue weighted by atomic mass is 10.1. The molecule has 0 spiro atoms. The van der Waals surface area contributed by atoms with Crippen LogP contribution in [0.15, 0.2) is 48.9 Å². The summed E-state index contributed by atoms with van der Waals surface area (Å²) < 4.78 is 5.76. The molecule has 0 aliphatic carbocycles. The van der Waals surface area contributed by atoms with Gasteiger partial charge in [0.25, 0.3) is 0 Å². The maximum Gasteiger partial charge on any atom is 0.162 e. The molecule has 0 unspecified atom stereocenters. The molecule has 1 fully saturated rings. The van der Waals surface area contributed by atoms with E-state index in [1.54, 1.807) is 25.7 Å². The number of benzene rings is 1. The Morgan fingerprint density at radius 1 is 1.22 bits per heavy atom. The van der Waals surface area contributed by atoms with E-state index in [1.165, 1.54) is 0 Å². The highest BCUT2D eigenvalue weighted by atomic mass is 35.5. The number of nitrogens with zero attached hydrogens (tertiary/aromatic N) is 5. The lowest BCUT2D eigenvalue weighted by molar-refractivity contribution is 0.414. The number of halogens is 1. The van der Waals surface area contributed by atoms with E-state index >= 15 is 0 Å². The maximum atomic E-state index is 6.20. The van der Waals surface area contributed by atoms with Gasteiger partial charge in [-0.2, -0.15) is 0 Å². The molecular formula is C20H18ClN5O. The molecule has 0 radical (unpaired) electrons. The quantitative estimate of drug-likeness (QED) is 0.687. The van der Waals surface area contributed by atoms with Crippen LogP contribution in [-0.4, -0.2) is 41.2 Å². The highest BCUT2D eigenvalue weighted by molar-refractivity contribution is 6.30. The molecule has 136 valence electrons. The van der Waals surface area contributed by atoms with E-state index in [4.69, 9.17) is 21.3 Å². The topological polar surface area (TPSA) is 54.4 Å². The largest absolute Gasteiger partial charge is 0.494 e. The van der Waals surface area contributed by atoms with Crippen LogP contribution in [0, 0.1) is 0 Å². The summed E-state index contributed by atoms with van der Waals surface area (Å²) in [4.78, 5) is 18.3. The Hall–Kier alpha value is -2.86. The first-order valence-corrected chi connectivity index (χ1v) is 9.27. The van der Waals surface area contributed by atoms with Gasteiger partial charge < -0.3 is 14.5 Å². The Morgan fingerprint density at radius 2 is 2.15 bits per heavy atom. The summed E-state index contributed by atoms with van der Waals surface area (Å²) in [6.45, 7) is 1.90. The predicted octanol–water partition coefficient (Wildman–Crippen LogP) is 3.93. The summed E-state index contributed by atoms with van der Waals surface area (Å²) in [6, 6.07) is 10.0. The lowest BCUT2D eigenvalue weighted by Crippen LogP contribution is -2.40. The van der Waals surface area contributed by atoms with Crippen LogP contribution in [0.4, 0.5) is 17.3 Å². The monoisotopic (exact) mass is 379 g/mol. The van der Waals surface area contributed by atoms with Crippen LogP contribution >= 0.6 is 11.6 Å². The summed E-state index contributed by atoms with van der Waals surface area (Å²) in [6.07, 6.45) is 6.24. The van der Waals surface area contributed by atoms with Gasteiger partial charge in [0.1, 0.15) is 11.4 Å². The van der Waals surface area contributed by atoms with Gasteiger partial charge in [-0.15, -0.1) is 0 Å². The predicted molar refractivity (Wildman–Crippen MR) is 106 cm³/mol. The van der Waals surface area contributed by atoms with Crippen LogP contribution in [-0.2, 0) is 0 Å². The second kappa shape index (κ2) is 6.39. The van der Waals surface area contributed by atoms with Crippen LogP contribution in [0.1, 0.15) is 6.42 Å². The number of hydrogen-bond donors (Lipinski definition) is 0. The fraction of sp³-hybridized carbons (Fsp3) is 0.250. The molecule has 5 rings (SSSR count). The SMILES string of the molecule is COc1cc(-c2cccc(Cl)c2)nc2c1N1CC[C@@H](C1)N2c1cnccn1. The van der Waals surface area contributed by atoms with Crippen molar-refractivity contribution >= 4 is 28.9 Å². The van der Waals surface area contributed by atoms with E-state index in [0.29, 0.717) is 11.1 Å². The third-order valence-corrected chi connectivity index (χ3v) is 5.38. The maximum absolute atomic E-state index is 6.20. The zero-order valence-corrected chi connectivity index (χ0v) is 15.6. The molecule has 1 aromatic carbocycles. The molecule has 0 N–H and O–H groups in total. The smallest absolute Gasteiger partial charge is 0.162 e. The molecule has 4 heterocycles. The first-order chi connectivity index (χ1) is 13.2. The Bertz CT molecular complexity index is 997. The second-order valence-corrected chi connectivity index (χ2v) is 7.15.